The van der Waals surface area contributed by atoms with E-state index in [2.05, 4.69) is 36.6 Å². The zero-order chi connectivity index (χ0) is 12.5. The lowest BCUT2D eigenvalue weighted by atomic mass is 10.3. The van der Waals surface area contributed by atoms with Crippen LogP contribution in [0.3, 0.4) is 0 Å². The van der Waals surface area contributed by atoms with E-state index >= 15 is 0 Å². The molecule has 1 aromatic carbocycles. The molecule has 0 fully saturated rings. The van der Waals surface area contributed by atoms with Crippen LogP contribution in [-0.4, -0.2) is 15.0 Å². The fourth-order valence-corrected chi connectivity index (χ4v) is 4.89. The zero-order valence-corrected chi connectivity index (χ0v) is 12.0. The van der Waals surface area contributed by atoms with Crippen molar-refractivity contribution in [3.63, 3.8) is 0 Å². The number of ether oxygens (including phenoxy) is 1. The number of rotatable bonds is 3. The molecule has 9 heteroatoms. The van der Waals surface area contributed by atoms with Gasteiger partial charge in [-0.1, -0.05) is 0 Å². The van der Waals surface area contributed by atoms with E-state index in [9.17, 15) is 17.2 Å². The van der Waals surface area contributed by atoms with Crippen molar-refractivity contribution in [1.29, 1.82) is 0 Å². The van der Waals surface area contributed by atoms with E-state index in [0.717, 1.165) is 0 Å². The Morgan fingerprint density at radius 1 is 1.31 bits per heavy atom. The van der Waals surface area contributed by atoms with E-state index in [0.29, 0.717) is 0 Å². The lowest BCUT2D eigenvalue weighted by molar-refractivity contribution is -0.0505. The van der Waals surface area contributed by atoms with E-state index in [1.807, 2.05) is 0 Å². The second-order valence-electron chi connectivity index (χ2n) is 2.50. The number of benzene rings is 1. The Balaban J connectivity index is 3.39. The standard InChI is InChI=1S/C7H3Br2ClF2O3S/c8-3-1-2-4(15-7(11)12)5(9)6(3)16(10,13)14/h1-2,7H. The largest absolute Gasteiger partial charge is 0.434 e. The number of halogens is 5. The predicted molar refractivity (Wildman–Crippen MR) is 61.5 cm³/mol. The molecular weight excluding hydrogens is 397 g/mol. The van der Waals surface area contributed by atoms with Gasteiger partial charge in [0.1, 0.15) is 10.6 Å². The van der Waals surface area contributed by atoms with E-state index in [4.69, 9.17) is 10.7 Å². The Hall–Kier alpha value is 0.0800. The minimum atomic E-state index is -4.07. The molecule has 0 bridgehead atoms. The molecule has 3 nitrogen and oxygen atoms in total. The fourth-order valence-electron chi connectivity index (χ4n) is 0.925. The van der Waals surface area contributed by atoms with Crippen LogP contribution in [0.1, 0.15) is 0 Å². The van der Waals surface area contributed by atoms with Crippen molar-refractivity contribution < 1.29 is 21.9 Å². The van der Waals surface area contributed by atoms with E-state index in [1.165, 1.54) is 12.1 Å². The maximum Gasteiger partial charge on any atom is 0.387 e. The van der Waals surface area contributed by atoms with Crippen LogP contribution in [0.15, 0.2) is 26.0 Å². The highest BCUT2D eigenvalue weighted by Gasteiger charge is 2.22. The Kier molecular flexibility index (Phi) is 4.56. The first kappa shape index (κ1) is 14.1. The van der Waals surface area contributed by atoms with E-state index in [-0.39, 0.29) is 19.6 Å². The Bertz CT molecular complexity index is 507. The maximum atomic E-state index is 12.0. The smallest absolute Gasteiger partial charge is 0.387 e. The van der Waals surface area contributed by atoms with Crippen molar-refractivity contribution in [2.75, 3.05) is 0 Å². The number of hydrogen-bond donors (Lipinski definition) is 0. The van der Waals surface area contributed by atoms with Gasteiger partial charge in [0.05, 0.1) is 4.47 Å². The minimum Gasteiger partial charge on any atom is -0.434 e. The molecule has 1 aromatic rings. The van der Waals surface area contributed by atoms with Crippen LogP contribution in [0.5, 0.6) is 5.75 Å². The van der Waals surface area contributed by atoms with Gasteiger partial charge >= 0.3 is 6.61 Å². The molecule has 0 heterocycles. The van der Waals surface area contributed by atoms with Crippen LogP contribution in [0.2, 0.25) is 0 Å². The third-order valence-electron chi connectivity index (χ3n) is 1.47. The SMILES string of the molecule is O=S(=O)(Cl)c1c(Br)ccc(OC(F)F)c1Br. The predicted octanol–water partition coefficient (Wildman–Crippen LogP) is 3.74. The van der Waals surface area contributed by atoms with Gasteiger partial charge in [-0.05, 0) is 44.0 Å². The molecule has 0 aliphatic rings. The Labute approximate surface area is 111 Å². The summed E-state index contributed by atoms with van der Waals surface area (Å²) in [6.45, 7) is -3.05. The average Bonchev–Trinajstić information content (AvgIpc) is 2.07. The first-order chi connectivity index (χ1) is 7.23. The minimum absolute atomic E-state index is 0.149. The summed E-state index contributed by atoms with van der Waals surface area (Å²) in [5, 5.41) is 0. The third-order valence-corrected chi connectivity index (χ3v) is 4.82. The molecule has 0 saturated carbocycles. The summed E-state index contributed by atoms with van der Waals surface area (Å²) in [6.07, 6.45) is 0. The molecule has 0 unspecified atom stereocenters. The van der Waals surface area contributed by atoms with Gasteiger partial charge in [0.15, 0.2) is 0 Å². The monoisotopic (exact) mass is 398 g/mol. The lowest BCUT2D eigenvalue weighted by Gasteiger charge is -2.10. The fraction of sp³-hybridized carbons (Fsp3) is 0.143. The normalized spacial score (nSPS) is 11.9. The topological polar surface area (TPSA) is 43.4 Å². The molecule has 0 amide bonds. The highest BCUT2D eigenvalue weighted by molar-refractivity contribution is 9.11. The summed E-state index contributed by atoms with van der Waals surface area (Å²) in [6, 6.07) is 2.43. The molecule has 0 aromatic heterocycles. The molecule has 16 heavy (non-hydrogen) atoms. The molecule has 0 spiro atoms. The summed E-state index contributed by atoms with van der Waals surface area (Å²) in [5.41, 5.74) is 0. The number of alkyl halides is 2. The maximum absolute atomic E-state index is 12.0. The van der Waals surface area contributed by atoms with Gasteiger partial charge in [-0.15, -0.1) is 0 Å². The van der Waals surface area contributed by atoms with E-state index < -0.39 is 15.7 Å². The molecule has 0 N–H and O–H groups in total. The van der Waals surface area contributed by atoms with Gasteiger partial charge in [-0.3, -0.25) is 0 Å². The summed E-state index contributed by atoms with van der Waals surface area (Å²) in [5.74, 6) is -0.308. The third kappa shape index (κ3) is 3.28. The molecule has 1 rings (SSSR count). The summed E-state index contributed by atoms with van der Waals surface area (Å²) >= 11 is 5.79. The second-order valence-corrected chi connectivity index (χ2v) is 6.66. The second kappa shape index (κ2) is 5.16. The van der Waals surface area contributed by atoms with Crippen LogP contribution in [0.25, 0.3) is 0 Å². The van der Waals surface area contributed by atoms with Gasteiger partial charge in [0.2, 0.25) is 0 Å². The quantitative estimate of drug-likeness (QED) is 0.726. The molecule has 0 aliphatic carbocycles. The molecular formula is C7H3Br2ClF2O3S. The van der Waals surface area contributed by atoms with Gasteiger partial charge < -0.3 is 4.74 Å². The molecule has 90 valence electrons. The van der Waals surface area contributed by atoms with Crippen LogP contribution in [0, 0.1) is 0 Å². The highest BCUT2D eigenvalue weighted by atomic mass is 79.9. The molecule has 0 aliphatic heterocycles. The van der Waals surface area contributed by atoms with Crippen molar-refractivity contribution in [1.82, 2.24) is 0 Å². The highest BCUT2D eigenvalue weighted by Crippen LogP contribution is 2.39. The van der Waals surface area contributed by atoms with Gasteiger partial charge in [0.25, 0.3) is 9.05 Å². The average molecular weight is 400 g/mol. The molecule has 0 radical (unpaired) electrons. The number of hydrogen-bond acceptors (Lipinski definition) is 3. The molecule has 0 saturated heterocycles. The van der Waals surface area contributed by atoms with Crippen molar-refractivity contribution >= 4 is 51.6 Å². The zero-order valence-electron chi connectivity index (χ0n) is 7.25. The summed E-state index contributed by atoms with van der Waals surface area (Å²) in [4.78, 5) is -0.354. The summed E-state index contributed by atoms with van der Waals surface area (Å²) in [7, 11) is 1.08. The Morgan fingerprint density at radius 3 is 2.31 bits per heavy atom. The van der Waals surface area contributed by atoms with Crippen molar-refractivity contribution in [3.05, 3.63) is 21.1 Å². The van der Waals surface area contributed by atoms with Crippen molar-refractivity contribution in [2.24, 2.45) is 0 Å². The van der Waals surface area contributed by atoms with Gasteiger partial charge in [0, 0.05) is 15.2 Å². The van der Waals surface area contributed by atoms with Crippen LogP contribution < -0.4 is 4.74 Å². The van der Waals surface area contributed by atoms with Crippen LogP contribution >= 0.6 is 42.5 Å². The summed E-state index contributed by atoms with van der Waals surface area (Å²) < 4.78 is 50.4. The van der Waals surface area contributed by atoms with Crippen molar-refractivity contribution in [3.8, 4) is 5.75 Å². The van der Waals surface area contributed by atoms with Crippen LogP contribution in [0.4, 0.5) is 8.78 Å². The lowest BCUT2D eigenvalue weighted by Crippen LogP contribution is -2.04. The van der Waals surface area contributed by atoms with Crippen molar-refractivity contribution in [2.45, 2.75) is 11.5 Å². The first-order valence-electron chi connectivity index (χ1n) is 3.61. The first-order valence-corrected chi connectivity index (χ1v) is 7.50. The Morgan fingerprint density at radius 2 is 1.88 bits per heavy atom. The van der Waals surface area contributed by atoms with Gasteiger partial charge in [-0.25, -0.2) is 8.42 Å². The molecule has 0 atom stereocenters. The van der Waals surface area contributed by atoms with Crippen LogP contribution in [-0.2, 0) is 9.05 Å². The van der Waals surface area contributed by atoms with E-state index in [1.54, 1.807) is 0 Å². The van der Waals surface area contributed by atoms with Gasteiger partial charge in [-0.2, -0.15) is 8.78 Å².